The molecule has 1 aromatic carbocycles. The van der Waals surface area contributed by atoms with Crippen LogP contribution in [0.1, 0.15) is 67.8 Å². The number of carbonyl (C=O) groups is 2. The topological polar surface area (TPSA) is 59.6 Å². The lowest BCUT2D eigenvalue weighted by Gasteiger charge is -2.37. The minimum Gasteiger partial charge on any atom is -0.381 e. The zero-order chi connectivity index (χ0) is 26.9. The van der Waals surface area contributed by atoms with Gasteiger partial charge in [0.1, 0.15) is 0 Å². The predicted octanol–water partition coefficient (Wildman–Crippen LogP) is 3.30. The zero-order valence-corrected chi connectivity index (χ0v) is 24.0. The molecule has 0 atom stereocenters. The highest BCUT2D eigenvalue weighted by Crippen LogP contribution is 2.29. The molecule has 0 aliphatic carbocycles. The highest BCUT2D eigenvalue weighted by Gasteiger charge is 2.27. The van der Waals surface area contributed by atoms with Crippen LogP contribution in [-0.2, 0) is 16.1 Å². The van der Waals surface area contributed by atoms with Crippen molar-refractivity contribution in [2.24, 2.45) is 0 Å². The number of ether oxygens (including phenoxy) is 1. The van der Waals surface area contributed by atoms with Gasteiger partial charge in [0.15, 0.2) is 0 Å². The fraction of sp³-hybridized carbons (Fsp3) is 0.733. The van der Waals surface area contributed by atoms with Gasteiger partial charge < -0.3 is 19.4 Å². The number of piperazine rings is 1. The SMILES string of the molecule is CC(=O)N1CCCCCCCN(C2CCOCC2)Cc2cc(C(=O)N3CCN(CCN(C)C)CC3)ccc21. The summed E-state index contributed by atoms with van der Waals surface area (Å²) in [6.07, 6.45) is 7.89. The van der Waals surface area contributed by atoms with Crippen molar-refractivity contribution in [3.63, 3.8) is 0 Å². The number of anilines is 1. The molecule has 38 heavy (non-hydrogen) atoms. The summed E-state index contributed by atoms with van der Waals surface area (Å²) in [6, 6.07) is 6.55. The molecular formula is C30H49N5O3. The minimum atomic E-state index is 0.0776. The van der Waals surface area contributed by atoms with Crippen molar-refractivity contribution in [1.82, 2.24) is 19.6 Å². The number of benzene rings is 1. The second-order valence-electron chi connectivity index (χ2n) is 11.5. The van der Waals surface area contributed by atoms with Gasteiger partial charge in [-0.2, -0.15) is 0 Å². The summed E-state index contributed by atoms with van der Waals surface area (Å²) >= 11 is 0. The van der Waals surface area contributed by atoms with E-state index < -0.39 is 0 Å². The smallest absolute Gasteiger partial charge is 0.253 e. The van der Waals surface area contributed by atoms with Crippen LogP contribution in [0.25, 0.3) is 0 Å². The van der Waals surface area contributed by atoms with Crippen LogP contribution < -0.4 is 4.90 Å². The first-order chi connectivity index (χ1) is 18.4. The second kappa shape index (κ2) is 14.4. The molecule has 2 saturated heterocycles. The zero-order valence-electron chi connectivity index (χ0n) is 24.0. The monoisotopic (exact) mass is 527 g/mol. The van der Waals surface area contributed by atoms with Crippen LogP contribution >= 0.6 is 0 Å². The van der Waals surface area contributed by atoms with Gasteiger partial charge in [0, 0.05) is 89.8 Å². The average Bonchev–Trinajstić information content (AvgIpc) is 2.92. The Balaban J connectivity index is 1.56. The molecule has 3 heterocycles. The molecule has 0 unspecified atom stereocenters. The summed E-state index contributed by atoms with van der Waals surface area (Å²) in [6.45, 7) is 11.3. The van der Waals surface area contributed by atoms with E-state index in [-0.39, 0.29) is 11.8 Å². The van der Waals surface area contributed by atoms with E-state index in [2.05, 4.69) is 34.9 Å². The molecule has 212 valence electrons. The molecule has 0 N–H and O–H groups in total. The summed E-state index contributed by atoms with van der Waals surface area (Å²) in [5.74, 6) is 0.187. The number of hydrogen-bond acceptors (Lipinski definition) is 6. The van der Waals surface area contributed by atoms with Crippen LogP contribution in [-0.4, -0.2) is 117 Å². The molecular weight excluding hydrogens is 478 g/mol. The fourth-order valence-electron chi connectivity index (χ4n) is 6.03. The fourth-order valence-corrected chi connectivity index (χ4v) is 6.03. The average molecular weight is 528 g/mol. The third kappa shape index (κ3) is 8.01. The standard InChI is InChI=1S/C30H49N5O3/c1-25(36)35-14-8-6-4-5-7-13-34(28-11-21-38-22-12-28)24-27-23-26(9-10-29(27)35)30(37)33-19-17-32(18-20-33)16-15-31(2)3/h9-10,23,28H,4-8,11-22,24H2,1-3H3. The molecule has 0 radical (unpaired) electrons. The van der Waals surface area contributed by atoms with Gasteiger partial charge in [-0.1, -0.05) is 19.3 Å². The first-order valence-corrected chi connectivity index (χ1v) is 14.8. The lowest BCUT2D eigenvalue weighted by atomic mass is 10.0. The largest absolute Gasteiger partial charge is 0.381 e. The summed E-state index contributed by atoms with van der Waals surface area (Å²) in [4.78, 5) is 37.6. The van der Waals surface area contributed by atoms with E-state index >= 15 is 0 Å². The first-order valence-electron chi connectivity index (χ1n) is 14.8. The van der Waals surface area contributed by atoms with Crippen LogP contribution in [0.15, 0.2) is 18.2 Å². The molecule has 1 aromatic rings. The molecule has 2 amide bonds. The lowest BCUT2D eigenvalue weighted by molar-refractivity contribution is -0.116. The summed E-state index contributed by atoms with van der Waals surface area (Å²) in [7, 11) is 4.20. The number of rotatable bonds is 5. The van der Waals surface area contributed by atoms with Crippen molar-refractivity contribution in [2.75, 3.05) is 84.6 Å². The van der Waals surface area contributed by atoms with Crippen molar-refractivity contribution in [1.29, 1.82) is 0 Å². The first kappa shape index (κ1) is 29.0. The molecule has 3 aliphatic heterocycles. The molecule has 3 aliphatic rings. The minimum absolute atomic E-state index is 0.0776. The lowest BCUT2D eigenvalue weighted by Crippen LogP contribution is -2.50. The number of amides is 2. The van der Waals surface area contributed by atoms with Gasteiger partial charge in [-0.25, -0.2) is 0 Å². The quantitative estimate of drug-likeness (QED) is 0.586. The van der Waals surface area contributed by atoms with E-state index in [0.29, 0.717) is 6.04 Å². The maximum atomic E-state index is 13.6. The molecule has 8 nitrogen and oxygen atoms in total. The number of fused-ring (bicyclic) bond motifs is 1. The van der Waals surface area contributed by atoms with Crippen molar-refractivity contribution in [3.8, 4) is 0 Å². The molecule has 8 heteroatoms. The Hall–Kier alpha value is -2.00. The second-order valence-corrected chi connectivity index (χ2v) is 11.5. The van der Waals surface area contributed by atoms with E-state index in [1.807, 2.05) is 21.9 Å². The Kier molecular flexibility index (Phi) is 11.0. The van der Waals surface area contributed by atoms with E-state index in [1.165, 1.54) is 19.3 Å². The summed E-state index contributed by atoms with van der Waals surface area (Å²) in [5, 5.41) is 0. The number of carbonyl (C=O) groups excluding carboxylic acids is 2. The van der Waals surface area contributed by atoms with E-state index in [0.717, 1.165) is 115 Å². The van der Waals surface area contributed by atoms with Gasteiger partial charge in [0.25, 0.3) is 5.91 Å². The normalized spacial score (nSPS) is 21.6. The molecule has 0 spiro atoms. The van der Waals surface area contributed by atoms with Gasteiger partial charge in [-0.15, -0.1) is 0 Å². The molecule has 2 fully saturated rings. The summed E-state index contributed by atoms with van der Waals surface area (Å²) < 4.78 is 5.66. The van der Waals surface area contributed by atoms with Gasteiger partial charge in [0.2, 0.25) is 5.91 Å². The Morgan fingerprint density at radius 3 is 2.29 bits per heavy atom. The van der Waals surface area contributed by atoms with Crippen molar-refractivity contribution in [2.45, 2.75) is 64.5 Å². The number of nitrogens with zero attached hydrogens (tertiary/aromatic N) is 5. The van der Waals surface area contributed by atoms with Crippen LogP contribution in [0, 0.1) is 0 Å². The number of likely N-dealkylation sites (N-methyl/N-ethyl adjacent to an activating group) is 1. The van der Waals surface area contributed by atoms with Gasteiger partial charge in [0.05, 0.1) is 0 Å². The van der Waals surface area contributed by atoms with E-state index in [4.69, 9.17) is 4.74 Å². The highest BCUT2D eigenvalue weighted by atomic mass is 16.5. The predicted molar refractivity (Wildman–Crippen MR) is 153 cm³/mol. The molecule has 0 aromatic heterocycles. The van der Waals surface area contributed by atoms with Crippen LogP contribution in [0.2, 0.25) is 0 Å². The van der Waals surface area contributed by atoms with Gasteiger partial charge in [-0.3, -0.25) is 19.4 Å². The maximum absolute atomic E-state index is 13.6. The third-order valence-corrected chi connectivity index (χ3v) is 8.43. The maximum Gasteiger partial charge on any atom is 0.253 e. The molecule has 4 rings (SSSR count). The van der Waals surface area contributed by atoms with E-state index in [9.17, 15) is 9.59 Å². The Morgan fingerprint density at radius 1 is 0.921 bits per heavy atom. The van der Waals surface area contributed by atoms with Crippen LogP contribution in [0.4, 0.5) is 5.69 Å². The highest BCUT2D eigenvalue weighted by molar-refractivity contribution is 5.97. The third-order valence-electron chi connectivity index (χ3n) is 8.43. The number of hydrogen-bond donors (Lipinski definition) is 0. The molecule has 0 saturated carbocycles. The van der Waals surface area contributed by atoms with Crippen LogP contribution in [0.3, 0.4) is 0 Å². The Labute approximate surface area is 229 Å². The Morgan fingerprint density at radius 2 is 1.61 bits per heavy atom. The Bertz CT molecular complexity index is 909. The van der Waals surface area contributed by atoms with Crippen LogP contribution in [0.5, 0.6) is 0 Å². The van der Waals surface area contributed by atoms with Crippen molar-refractivity contribution < 1.29 is 14.3 Å². The van der Waals surface area contributed by atoms with Gasteiger partial charge >= 0.3 is 0 Å². The van der Waals surface area contributed by atoms with Gasteiger partial charge in [-0.05, 0) is 70.1 Å². The molecule has 0 bridgehead atoms. The van der Waals surface area contributed by atoms with E-state index in [1.54, 1.807) is 6.92 Å². The van der Waals surface area contributed by atoms with Crippen molar-refractivity contribution >= 4 is 17.5 Å². The van der Waals surface area contributed by atoms with Crippen molar-refractivity contribution in [3.05, 3.63) is 29.3 Å². The summed E-state index contributed by atoms with van der Waals surface area (Å²) in [5.41, 5.74) is 2.82.